The first-order chi connectivity index (χ1) is 15.8. The number of benzene rings is 2. The maximum Gasteiger partial charge on any atom is 0.173 e. The fourth-order valence-electron chi connectivity index (χ4n) is 5.96. The first-order valence-electron chi connectivity index (χ1n) is 11.2. The molecule has 2 heterocycles. The maximum absolute atomic E-state index is 13.9. The van der Waals surface area contributed by atoms with Gasteiger partial charge < -0.3 is 14.4 Å². The average molecular weight is 468 g/mol. The van der Waals surface area contributed by atoms with E-state index in [0.29, 0.717) is 39.6 Å². The summed E-state index contributed by atoms with van der Waals surface area (Å²) < 4.78 is 25.5. The third-order valence-electron chi connectivity index (χ3n) is 7.59. The molecule has 3 aliphatic carbocycles. The summed E-state index contributed by atoms with van der Waals surface area (Å²) in [6.07, 6.45) is 1.86. The standard InChI is InChI=1S/C26H23ClFNO4/c1-14-2-3-15(6-18(14)28)19-8-24(33-29-19)26-11-25(12-26,13-26)10-21(31)23-9-20(30)17-7-16(27)4-5-22(17)32-23/h2-8,20,23,30H,9-13H2,1H3/t20-,23+,25?,26?/m1/s1. The molecule has 1 aliphatic heterocycles. The van der Waals surface area contributed by atoms with Gasteiger partial charge >= 0.3 is 0 Å². The van der Waals surface area contributed by atoms with E-state index in [1.807, 2.05) is 12.1 Å². The molecular formula is C26H23ClFNO4. The number of nitrogens with zero attached hydrogens (tertiary/aromatic N) is 1. The van der Waals surface area contributed by atoms with Crippen molar-refractivity contribution in [3.8, 4) is 17.0 Å². The van der Waals surface area contributed by atoms with Gasteiger partial charge in [-0.25, -0.2) is 4.39 Å². The molecule has 33 heavy (non-hydrogen) atoms. The van der Waals surface area contributed by atoms with Crippen LogP contribution in [0, 0.1) is 18.2 Å². The van der Waals surface area contributed by atoms with Gasteiger partial charge in [0, 0.05) is 40.5 Å². The summed E-state index contributed by atoms with van der Waals surface area (Å²) in [6, 6.07) is 12.0. The van der Waals surface area contributed by atoms with E-state index < -0.39 is 12.2 Å². The zero-order valence-corrected chi connectivity index (χ0v) is 18.9. The fraction of sp³-hybridized carbons (Fsp3) is 0.385. The normalized spacial score (nSPS) is 29.5. The van der Waals surface area contributed by atoms with E-state index in [1.165, 1.54) is 6.07 Å². The first-order valence-corrected chi connectivity index (χ1v) is 11.5. The highest BCUT2D eigenvalue weighted by Crippen LogP contribution is 2.75. The Balaban J connectivity index is 1.11. The van der Waals surface area contributed by atoms with Crippen LogP contribution in [0.25, 0.3) is 11.3 Å². The molecule has 3 fully saturated rings. The molecule has 4 aliphatic rings. The van der Waals surface area contributed by atoms with E-state index in [9.17, 15) is 14.3 Å². The Morgan fingerprint density at radius 2 is 2.00 bits per heavy atom. The number of aliphatic hydroxyl groups is 1. The Morgan fingerprint density at radius 3 is 2.76 bits per heavy atom. The Kier molecular flexibility index (Phi) is 4.52. The number of aliphatic hydroxyl groups excluding tert-OH is 1. The second-order valence-electron chi connectivity index (χ2n) is 10.0. The summed E-state index contributed by atoms with van der Waals surface area (Å²) in [5, 5.41) is 15.2. The minimum Gasteiger partial charge on any atom is -0.482 e. The first kappa shape index (κ1) is 20.9. The molecule has 2 bridgehead atoms. The summed E-state index contributed by atoms with van der Waals surface area (Å²) in [7, 11) is 0. The predicted octanol–water partition coefficient (Wildman–Crippen LogP) is 5.71. The molecule has 5 nitrogen and oxygen atoms in total. The molecule has 7 heteroatoms. The molecule has 3 aromatic rings. The quantitative estimate of drug-likeness (QED) is 0.520. The lowest BCUT2D eigenvalue weighted by atomic mass is 9.33. The molecule has 0 radical (unpaired) electrons. The van der Waals surface area contributed by atoms with E-state index >= 15 is 0 Å². The molecule has 2 atom stereocenters. The molecule has 1 aromatic heterocycles. The van der Waals surface area contributed by atoms with Crippen molar-refractivity contribution in [2.45, 2.75) is 56.7 Å². The van der Waals surface area contributed by atoms with Crippen LogP contribution in [-0.4, -0.2) is 22.2 Å². The highest BCUT2D eigenvalue weighted by Gasteiger charge is 2.70. The average Bonchev–Trinajstić information content (AvgIpc) is 3.21. The van der Waals surface area contributed by atoms with E-state index in [2.05, 4.69) is 5.16 Å². The van der Waals surface area contributed by atoms with E-state index in [-0.39, 0.29) is 28.9 Å². The van der Waals surface area contributed by atoms with Crippen LogP contribution < -0.4 is 4.74 Å². The summed E-state index contributed by atoms with van der Waals surface area (Å²) in [5.41, 5.74) is 2.43. The van der Waals surface area contributed by atoms with E-state index in [4.69, 9.17) is 20.9 Å². The van der Waals surface area contributed by atoms with Crippen LogP contribution in [0.3, 0.4) is 0 Å². The van der Waals surface area contributed by atoms with Gasteiger partial charge in [-0.1, -0.05) is 28.9 Å². The number of carbonyl (C=O) groups is 1. The lowest BCUT2D eigenvalue weighted by Crippen LogP contribution is -2.65. The fourth-order valence-corrected chi connectivity index (χ4v) is 6.14. The summed E-state index contributed by atoms with van der Waals surface area (Å²) in [5.74, 6) is 1.09. The minimum atomic E-state index is -0.764. The highest BCUT2D eigenvalue weighted by atomic mass is 35.5. The van der Waals surface area contributed by atoms with Gasteiger partial charge in [-0.15, -0.1) is 0 Å². The van der Waals surface area contributed by atoms with Gasteiger partial charge in [-0.2, -0.15) is 0 Å². The van der Waals surface area contributed by atoms with Crippen molar-refractivity contribution < 1.29 is 23.6 Å². The van der Waals surface area contributed by atoms with Crippen molar-refractivity contribution in [3.63, 3.8) is 0 Å². The van der Waals surface area contributed by atoms with Gasteiger partial charge in [0.1, 0.15) is 23.0 Å². The van der Waals surface area contributed by atoms with Crippen molar-refractivity contribution in [3.05, 3.63) is 70.2 Å². The van der Waals surface area contributed by atoms with Crippen LogP contribution >= 0.6 is 11.6 Å². The van der Waals surface area contributed by atoms with Crippen molar-refractivity contribution in [1.82, 2.24) is 5.16 Å². The van der Waals surface area contributed by atoms with Crippen LogP contribution in [0.1, 0.15) is 55.1 Å². The number of Topliss-reactive ketones (excluding diaryl/α,β-unsaturated/α-hetero) is 1. The van der Waals surface area contributed by atoms with E-state index in [1.54, 1.807) is 31.2 Å². The molecule has 7 rings (SSSR count). The van der Waals surface area contributed by atoms with Gasteiger partial charge in [-0.3, -0.25) is 4.79 Å². The number of hydrogen-bond acceptors (Lipinski definition) is 5. The minimum absolute atomic E-state index is 0.0244. The van der Waals surface area contributed by atoms with Crippen molar-refractivity contribution >= 4 is 17.4 Å². The van der Waals surface area contributed by atoms with Crippen LogP contribution in [0.15, 0.2) is 47.0 Å². The summed E-state index contributed by atoms with van der Waals surface area (Å²) >= 11 is 6.01. The third kappa shape index (κ3) is 3.30. The number of aromatic nitrogens is 1. The number of rotatable bonds is 5. The Bertz CT molecular complexity index is 1270. The second-order valence-corrected chi connectivity index (χ2v) is 10.5. The van der Waals surface area contributed by atoms with Crippen LogP contribution in [0.2, 0.25) is 5.02 Å². The van der Waals surface area contributed by atoms with Crippen LogP contribution in [0.4, 0.5) is 4.39 Å². The molecule has 0 amide bonds. The maximum atomic E-state index is 13.9. The Labute approximate surface area is 195 Å². The van der Waals surface area contributed by atoms with E-state index in [0.717, 1.165) is 25.0 Å². The molecule has 170 valence electrons. The predicted molar refractivity (Wildman–Crippen MR) is 120 cm³/mol. The highest BCUT2D eigenvalue weighted by molar-refractivity contribution is 6.30. The number of ketones is 1. The molecule has 2 aromatic carbocycles. The van der Waals surface area contributed by atoms with Crippen molar-refractivity contribution in [2.75, 3.05) is 0 Å². The van der Waals surface area contributed by atoms with Crippen molar-refractivity contribution in [2.24, 2.45) is 5.41 Å². The second kappa shape index (κ2) is 7.15. The summed E-state index contributed by atoms with van der Waals surface area (Å²) in [6.45, 7) is 1.73. The number of ether oxygens (including phenoxy) is 1. The van der Waals surface area contributed by atoms with Crippen LogP contribution in [0.5, 0.6) is 5.75 Å². The number of fused-ring (bicyclic) bond motifs is 1. The third-order valence-corrected chi connectivity index (χ3v) is 7.82. The van der Waals surface area contributed by atoms with Gasteiger partial charge in [-0.05, 0) is 61.4 Å². The Morgan fingerprint density at radius 1 is 1.21 bits per heavy atom. The van der Waals surface area contributed by atoms with Crippen LogP contribution in [-0.2, 0) is 10.2 Å². The van der Waals surface area contributed by atoms with Gasteiger partial charge in [0.15, 0.2) is 11.9 Å². The van der Waals surface area contributed by atoms with Gasteiger partial charge in [0.2, 0.25) is 0 Å². The van der Waals surface area contributed by atoms with Gasteiger partial charge in [0.05, 0.1) is 6.10 Å². The molecule has 0 spiro atoms. The number of carbonyl (C=O) groups excluding carboxylic acids is 1. The smallest absolute Gasteiger partial charge is 0.173 e. The summed E-state index contributed by atoms with van der Waals surface area (Å²) in [4.78, 5) is 13.0. The zero-order valence-electron chi connectivity index (χ0n) is 18.1. The lowest BCUT2D eigenvalue weighted by molar-refractivity contribution is -0.170. The lowest BCUT2D eigenvalue weighted by Gasteiger charge is -2.69. The van der Waals surface area contributed by atoms with Crippen molar-refractivity contribution in [1.29, 1.82) is 0 Å². The molecular weight excluding hydrogens is 445 g/mol. The SMILES string of the molecule is Cc1ccc(-c2cc(C34CC(CC(=O)[C@@H]5C[C@@H](O)c6cc(Cl)ccc6O5)(C3)C4)on2)cc1F. The molecule has 1 N–H and O–H groups in total. The topological polar surface area (TPSA) is 72.6 Å². The number of aryl methyl sites for hydroxylation is 1. The largest absolute Gasteiger partial charge is 0.482 e. The zero-order chi connectivity index (χ0) is 23.0. The van der Waals surface area contributed by atoms with Gasteiger partial charge in [0.25, 0.3) is 0 Å². The monoisotopic (exact) mass is 467 g/mol. The molecule has 0 unspecified atom stereocenters. The number of halogens is 2. The molecule has 3 saturated carbocycles. The molecule has 0 saturated heterocycles. The Hall–Kier alpha value is -2.70. The number of hydrogen-bond donors (Lipinski definition) is 1.